The minimum absolute atomic E-state index is 0.0730. The summed E-state index contributed by atoms with van der Waals surface area (Å²) in [4.78, 5) is 25.0. The molecule has 1 aromatic heterocycles. The zero-order valence-electron chi connectivity index (χ0n) is 16.5. The second-order valence-corrected chi connectivity index (χ2v) is 6.90. The monoisotopic (exact) mass is 373 g/mol. The van der Waals surface area contributed by atoms with Crippen molar-refractivity contribution in [1.82, 2.24) is 14.7 Å². The predicted octanol–water partition coefficient (Wildman–Crippen LogP) is 2.34. The van der Waals surface area contributed by atoms with Crippen molar-refractivity contribution in [3.05, 3.63) is 46.8 Å². The molecule has 0 saturated heterocycles. The first kappa shape index (κ1) is 20.5. The molecule has 1 unspecified atom stereocenters. The van der Waals surface area contributed by atoms with Gasteiger partial charge in [0.25, 0.3) is 0 Å². The van der Waals surface area contributed by atoms with Crippen LogP contribution in [0.4, 0.5) is 0 Å². The van der Waals surface area contributed by atoms with E-state index in [0.29, 0.717) is 18.7 Å². The Morgan fingerprint density at radius 2 is 1.89 bits per heavy atom. The summed E-state index contributed by atoms with van der Waals surface area (Å²) in [7, 11) is 3.70. The summed E-state index contributed by atoms with van der Waals surface area (Å²) in [5, 5.41) is 13.0. The van der Waals surface area contributed by atoms with E-state index in [1.807, 2.05) is 44.6 Å². The van der Waals surface area contributed by atoms with Crippen molar-refractivity contribution in [3.8, 4) is 5.75 Å². The van der Waals surface area contributed by atoms with Crippen molar-refractivity contribution in [1.29, 1.82) is 0 Å². The number of carbonyl (C=O) groups excluding carboxylic acids is 1. The van der Waals surface area contributed by atoms with E-state index in [4.69, 9.17) is 9.84 Å². The molecule has 1 N–H and O–H groups in total. The van der Waals surface area contributed by atoms with Gasteiger partial charge in [-0.2, -0.15) is 5.10 Å². The molecular formula is C20H27N3O4. The topological polar surface area (TPSA) is 84.7 Å². The maximum absolute atomic E-state index is 12.7. The summed E-state index contributed by atoms with van der Waals surface area (Å²) < 4.78 is 6.96. The lowest BCUT2D eigenvalue weighted by Gasteiger charge is -2.22. The van der Waals surface area contributed by atoms with Crippen LogP contribution >= 0.6 is 0 Å². The first-order valence-corrected chi connectivity index (χ1v) is 8.86. The fourth-order valence-corrected chi connectivity index (χ4v) is 3.07. The lowest BCUT2D eigenvalue weighted by atomic mass is 9.98. The third-order valence-electron chi connectivity index (χ3n) is 4.67. The number of aliphatic carboxylic acids is 1. The van der Waals surface area contributed by atoms with Crippen LogP contribution in [0.15, 0.2) is 24.3 Å². The molecule has 1 aromatic carbocycles. The standard InChI is InChI=1S/C20H27N3O4/c1-13(10-18-14(2)21-23(5)15(18)3)20(26)22(4)11-16-6-8-17(9-7-16)27-12-19(24)25/h6-9,13H,10-12H2,1-5H3,(H,24,25). The second-order valence-electron chi connectivity index (χ2n) is 6.90. The molecule has 2 aromatic rings. The quantitative estimate of drug-likeness (QED) is 0.768. The Morgan fingerprint density at radius 1 is 1.26 bits per heavy atom. The largest absolute Gasteiger partial charge is 0.482 e. The molecule has 1 heterocycles. The van der Waals surface area contributed by atoms with Gasteiger partial charge in [0.05, 0.1) is 5.69 Å². The highest BCUT2D eigenvalue weighted by Crippen LogP contribution is 2.19. The first-order valence-electron chi connectivity index (χ1n) is 8.86. The summed E-state index contributed by atoms with van der Waals surface area (Å²) in [6.07, 6.45) is 0.663. The van der Waals surface area contributed by atoms with Gasteiger partial charge in [-0.3, -0.25) is 9.48 Å². The van der Waals surface area contributed by atoms with Crippen molar-refractivity contribution < 1.29 is 19.4 Å². The number of amides is 1. The molecule has 0 radical (unpaired) electrons. The smallest absolute Gasteiger partial charge is 0.341 e. The molecule has 7 heteroatoms. The number of aryl methyl sites for hydroxylation is 2. The third kappa shape index (κ3) is 5.32. The van der Waals surface area contributed by atoms with Crippen LogP contribution in [0, 0.1) is 19.8 Å². The van der Waals surface area contributed by atoms with Gasteiger partial charge in [-0.1, -0.05) is 19.1 Å². The molecular weight excluding hydrogens is 346 g/mol. The van der Waals surface area contributed by atoms with Crippen LogP contribution in [-0.2, 0) is 29.6 Å². The van der Waals surface area contributed by atoms with Gasteiger partial charge in [0.2, 0.25) is 5.91 Å². The number of hydrogen-bond acceptors (Lipinski definition) is 4. The molecule has 0 aliphatic rings. The first-order chi connectivity index (χ1) is 12.7. The van der Waals surface area contributed by atoms with E-state index in [1.54, 1.807) is 24.1 Å². The van der Waals surface area contributed by atoms with Crippen LogP contribution in [0.2, 0.25) is 0 Å². The predicted molar refractivity (Wildman–Crippen MR) is 102 cm³/mol. The SMILES string of the molecule is Cc1nn(C)c(C)c1CC(C)C(=O)N(C)Cc1ccc(OCC(=O)O)cc1. The number of rotatable bonds is 8. The fourth-order valence-electron chi connectivity index (χ4n) is 3.07. The van der Waals surface area contributed by atoms with Gasteiger partial charge in [-0.05, 0) is 43.5 Å². The van der Waals surface area contributed by atoms with Crippen LogP contribution in [-0.4, -0.2) is 45.3 Å². The Kier molecular flexibility index (Phi) is 6.60. The van der Waals surface area contributed by atoms with Gasteiger partial charge in [0.15, 0.2) is 6.61 Å². The van der Waals surface area contributed by atoms with Gasteiger partial charge in [0.1, 0.15) is 5.75 Å². The average molecular weight is 373 g/mol. The van der Waals surface area contributed by atoms with Crippen LogP contribution in [0.1, 0.15) is 29.4 Å². The molecule has 2 rings (SSSR count). The van der Waals surface area contributed by atoms with Gasteiger partial charge < -0.3 is 14.7 Å². The highest BCUT2D eigenvalue weighted by Gasteiger charge is 2.21. The number of carboxylic acid groups (broad SMARTS) is 1. The number of carboxylic acids is 1. The maximum Gasteiger partial charge on any atom is 0.341 e. The van der Waals surface area contributed by atoms with E-state index < -0.39 is 5.97 Å². The van der Waals surface area contributed by atoms with Crippen molar-refractivity contribution >= 4 is 11.9 Å². The molecule has 0 spiro atoms. The lowest BCUT2D eigenvalue weighted by Crippen LogP contribution is -2.32. The van der Waals surface area contributed by atoms with Crippen molar-refractivity contribution in [2.24, 2.45) is 13.0 Å². The third-order valence-corrected chi connectivity index (χ3v) is 4.67. The number of hydrogen-bond donors (Lipinski definition) is 1. The minimum atomic E-state index is -1.02. The van der Waals surface area contributed by atoms with Crippen molar-refractivity contribution in [2.75, 3.05) is 13.7 Å². The molecule has 0 aliphatic carbocycles. The molecule has 0 bridgehead atoms. The van der Waals surface area contributed by atoms with Crippen LogP contribution in [0.5, 0.6) is 5.75 Å². The number of benzene rings is 1. The summed E-state index contributed by atoms with van der Waals surface area (Å²) in [6, 6.07) is 7.09. The molecule has 146 valence electrons. The normalized spacial score (nSPS) is 11.9. The van der Waals surface area contributed by atoms with E-state index >= 15 is 0 Å². The summed E-state index contributed by atoms with van der Waals surface area (Å²) in [5.41, 5.74) is 4.14. The number of nitrogens with zero attached hydrogens (tertiary/aromatic N) is 3. The second kappa shape index (κ2) is 8.70. The van der Waals surface area contributed by atoms with Gasteiger partial charge in [-0.25, -0.2) is 4.79 Å². The van der Waals surface area contributed by atoms with Crippen molar-refractivity contribution in [2.45, 2.75) is 33.7 Å². The molecule has 0 aliphatic heterocycles. The molecule has 0 saturated carbocycles. The number of carbonyl (C=O) groups is 2. The van der Waals surface area contributed by atoms with Crippen LogP contribution in [0.25, 0.3) is 0 Å². The van der Waals surface area contributed by atoms with E-state index in [9.17, 15) is 9.59 Å². The Morgan fingerprint density at radius 3 is 2.41 bits per heavy atom. The molecule has 0 fully saturated rings. The molecule has 27 heavy (non-hydrogen) atoms. The Bertz CT molecular complexity index is 811. The van der Waals surface area contributed by atoms with E-state index in [2.05, 4.69) is 5.10 Å². The lowest BCUT2D eigenvalue weighted by molar-refractivity contribution is -0.139. The minimum Gasteiger partial charge on any atom is -0.482 e. The highest BCUT2D eigenvalue weighted by molar-refractivity contribution is 5.78. The van der Waals surface area contributed by atoms with Gasteiger partial charge in [-0.15, -0.1) is 0 Å². The van der Waals surface area contributed by atoms with Gasteiger partial charge >= 0.3 is 5.97 Å². The zero-order valence-corrected chi connectivity index (χ0v) is 16.5. The Balaban J connectivity index is 1.95. The zero-order chi connectivity index (χ0) is 20.1. The maximum atomic E-state index is 12.7. The van der Waals surface area contributed by atoms with Gasteiger partial charge in [0, 0.05) is 32.3 Å². The Hall–Kier alpha value is -2.83. The van der Waals surface area contributed by atoms with Crippen LogP contribution in [0.3, 0.4) is 0 Å². The van der Waals surface area contributed by atoms with Crippen LogP contribution < -0.4 is 4.74 Å². The number of ether oxygens (including phenoxy) is 1. The molecule has 7 nitrogen and oxygen atoms in total. The molecule has 1 atom stereocenters. The fraction of sp³-hybridized carbons (Fsp3) is 0.450. The van der Waals surface area contributed by atoms with E-state index in [-0.39, 0.29) is 18.4 Å². The van der Waals surface area contributed by atoms with E-state index in [1.165, 1.54) is 0 Å². The number of aromatic nitrogens is 2. The molecule has 1 amide bonds. The average Bonchev–Trinajstić information content (AvgIpc) is 2.86. The van der Waals surface area contributed by atoms with E-state index in [0.717, 1.165) is 22.5 Å². The Labute approximate surface area is 159 Å². The van der Waals surface area contributed by atoms with Crippen molar-refractivity contribution in [3.63, 3.8) is 0 Å². The summed E-state index contributed by atoms with van der Waals surface area (Å²) >= 11 is 0. The highest BCUT2D eigenvalue weighted by atomic mass is 16.5. The summed E-state index contributed by atoms with van der Waals surface area (Å²) in [5.74, 6) is -0.595. The summed E-state index contributed by atoms with van der Waals surface area (Å²) in [6.45, 7) is 6.03.